The number of para-hydroxylation sites is 1. The van der Waals surface area contributed by atoms with E-state index in [0.29, 0.717) is 0 Å². The molecule has 16 atom stereocenters. The van der Waals surface area contributed by atoms with Crippen LogP contribution in [0.1, 0.15) is 25.1 Å². The molecule has 38 nitrogen and oxygen atoms in total. The molecular weight excluding hydrogens is 1180 g/mol. The van der Waals surface area contributed by atoms with Crippen LogP contribution in [0.4, 0.5) is 17.7 Å². The van der Waals surface area contributed by atoms with E-state index < -0.39 is 135 Å². The summed E-state index contributed by atoms with van der Waals surface area (Å²) < 4.78 is 114. The molecule has 7 aromatic rings. The van der Waals surface area contributed by atoms with E-state index in [-0.39, 0.29) is 70.0 Å². The molecule has 6 aromatic heterocycles. The van der Waals surface area contributed by atoms with Gasteiger partial charge in [0.25, 0.3) is 17.1 Å². The summed E-state index contributed by atoms with van der Waals surface area (Å²) in [6, 6.07) is 7.63. The highest BCUT2D eigenvalue weighted by Crippen LogP contribution is 2.68. The van der Waals surface area contributed by atoms with E-state index in [1.54, 1.807) is 18.2 Å². The smallest absolute Gasteiger partial charge is 0.485 e. The molecule has 1 aromatic carbocycles. The highest BCUT2D eigenvalue weighted by Gasteiger charge is 2.59. The summed E-state index contributed by atoms with van der Waals surface area (Å²) in [7, 11) is -20.6. The van der Waals surface area contributed by atoms with Crippen LogP contribution in [0.3, 0.4) is 0 Å². The number of imidazole rings is 3. The molecule has 3 aliphatic rings. The van der Waals surface area contributed by atoms with E-state index in [1.807, 2.05) is 0 Å². The molecule has 10 rings (SSSR count). The predicted molar refractivity (Wildman–Crippen MR) is 272 cm³/mol. The third-order valence-electron chi connectivity index (χ3n) is 13.3. The Morgan fingerprint density at radius 2 is 1.33 bits per heavy atom. The first-order valence-electron chi connectivity index (χ1n) is 24.0. The van der Waals surface area contributed by atoms with Crippen LogP contribution in [0.2, 0.25) is 0 Å². The van der Waals surface area contributed by atoms with Crippen LogP contribution in [0, 0.1) is 5.92 Å². The van der Waals surface area contributed by atoms with Gasteiger partial charge in [-0.15, -0.1) is 0 Å². The Morgan fingerprint density at radius 3 is 2.02 bits per heavy atom. The zero-order valence-corrected chi connectivity index (χ0v) is 45.9. The van der Waals surface area contributed by atoms with Crippen LogP contribution >= 0.6 is 31.1 Å². The second-order valence-corrected chi connectivity index (χ2v) is 25.3. The van der Waals surface area contributed by atoms with Crippen molar-refractivity contribution in [3.05, 3.63) is 76.3 Å². The third kappa shape index (κ3) is 11.9. The van der Waals surface area contributed by atoms with Gasteiger partial charge in [-0.3, -0.25) is 46.9 Å². The molecule has 3 saturated heterocycles. The number of aliphatic hydroxyl groups is 3. The Morgan fingerprint density at radius 1 is 0.707 bits per heavy atom. The van der Waals surface area contributed by atoms with Crippen molar-refractivity contribution in [3.63, 3.8) is 0 Å². The van der Waals surface area contributed by atoms with Crippen LogP contribution in [0.5, 0.6) is 5.75 Å². The van der Waals surface area contributed by atoms with Gasteiger partial charge in [0.15, 0.2) is 47.5 Å². The molecule has 9 heterocycles. The molecular formula is C40H52N15O23P4+. The molecule has 42 heteroatoms. The van der Waals surface area contributed by atoms with E-state index in [2.05, 4.69) is 48.5 Å². The summed E-state index contributed by atoms with van der Waals surface area (Å²) >= 11 is 0. The number of aryl methyl sites for hydroxylation is 1. The van der Waals surface area contributed by atoms with Crippen LogP contribution in [-0.2, 0) is 66.4 Å². The minimum atomic E-state index is -6.23. The van der Waals surface area contributed by atoms with Crippen LogP contribution in [-0.4, -0.2) is 170 Å². The molecule has 0 radical (unpaired) electrons. The SMILES string of the molecule is COCC[C@H]1[C@@H](O)[C@H]([n+]2cn(C)c3c(=O)[nH]c(N)nc32)O[C@@H]1COP(=O)(O)OP(=O)(O)OP(=O)(O)OC[C@H]1O[C@@H](n2cnc3c(N)ncnc32)[C@H](Oc2ccccc2)[C@@H]1P(=O)(O)OC[C@H]1O[C@@H](n2cnc3c(=O)[nH]c(N)nc32)[C@H](O)[C@@H]1O. The van der Waals surface area contributed by atoms with Crippen molar-refractivity contribution in [1.82, 2.24) is 53.6 Å². The highest BCUT2D eigenvalue weighted by atomic mass is 31.3. The normalized spacial score (nSPS) is 28.8. The van der Waals surface area contributed by atoms with Crippen molar-refractivity contribution in [2.75, 3.05) is 50.7 Å². The van der Waals surface area contributed by atoms with Gasteiger partial charge in [0, 0.05) is 19.6 Å². The summed E-state index contributed by atoms with van der Waals surface area (Å²) in [6.45, 7) is -3.23. The van der Waals surface area contributed by atoms with Gasteiger partial charge in [-0.05, 0) is 18.6 Å². The molecule has 3 aliphatic heterocycles. The quantitative estimate of drug-likeness (QED) is 0.0260. The maximum absolute atomic E-state index is 14.9. The van der Waals surface area contributed by atoms with Crippen molar-refractivity contribution < 1.29 is 104 Å². The summed E-state index contributed by atoms with van der Waals surface area (Å²) in [5.41, 5.74) is 13.8. The van der Waals surface area contributed by atoms with E-state index >= 15 is 0 Å². The lowest BCUT2D eigenvalue weighted by atomic mass is 9.95. The van der Waals surface area contributed by atoms with Crippen LogP contribution in [0.25, 0.3) is 33.5 Å². The molecule has 0 bridgehead atoms. The Balaban J connectivity index is 0.869. The summed E-state index contributed by atoms with van der Waals surface area (Å²) in [4.78, 5) is 98.5. The number of aromatic nitrogens is 12. The molecule has 82 heavy (non-hydrogen) atoms. The zero-order valence-electron chi connectivity index (χ0n) is 42.3. The van der Waals surface area contributed by atoms with Crippen LogP contribution < -0.4 is 37.6 Å². The number of aliphatic hydroxyl groups excluding tert-OH is 3. The summed E-state index contributed by atoms with van der Waals surface area (Å²) in [5.74, 6) is -1.57. The zero-order chi connectivity index (χ0) is 58.8. The van der Waals surface area contributed by atoms with Crippen molar-refractivity contribution >= 4 is 82.3 Å². The fraction of sp³-hybridized carbons (Fsp3) is 0.475. The van der Waals surface area contributed by atoms with Gasteiger partial charge < -0.3 is 80.3 Å². The van der Waals surface area contributed by atoms with Crippen LogP contribution in [0.15, 0.2) is 65.2 Å². The first-order chi connectivity index (χ1) is 38.7. The number of nitrogens with one attached hydrogen (secondary N) is 2. The Hall–Kier alpha value is -6.05. The number of hydrogen-bond acceptors (Lipinski definition) is 28. The predicted octanol–water partition coefficient (Wildman–Crippen LogP) is -1.92. The molecule has 444 valence electrons. The average molecular weight is 1230 g/mol. The highest BCUT2D eigenvalue weighted by molar-refractivity contribution is 7.66. The number of H-pyrrole nitrogens is 2. The molecule has 0 spiro atoms. The Bertz CT molecular complexity index is 3830. The molecule has 0 saturated carbocycles. The summed E-state index contributed by atoms with van der Waals surface area (Å²) in [5, 5.41) is 33.7. The number of nitrogens with zero attached hydrogens (tertiary/aromatic N) is 10. The maximum Gasteiger partial charge on any atom is 0.490 e. The lowest BCUT2D eigenvalue weighted by Crippen LogP contribution is -2.45. The van der Waals surface area contributed by atoms with Gasteiger partial charge in [0.05, 0.1) is 45.6 Å². The second-order valence-electron chi connectivity index (χ2n) is 18.6. The monoisotopic (exact) mass is 1230 g/mol. The van der Waals surface area contributed by atoms with Gasteiger partial charge in [0.2, 0.25) is 17.7 Å². The lowest BCUT2D eigenvalue weighted by Gasteiger charge is -2.29. The van der Waals surface area contributed by atoms with Gasteiger partial charge in [-0.2, -0.15) is 13.6 Å². The van der Waals surface area contributed by atoms with Crippen molar-refractivity contribution in [2.45, 2.75) is 73.5 Å². The van der Waals surface area contributed by atoms with Gasteiger partial charge in [-0.25, -0.2) is 38.2 Å². The number of aromatic amines is 2. The number of ether oxygens (including phenoxy) is 5. The summed E-state index contributed by atoms with van der Waals surface area (Å²) in [6.07, 6.45) is -11.4. The van der Waals surface area contributed by atoms with E-state index in [4.69, 9.17) is 54.5 Å². The topological polar surface area (TPSA) is 542 Å². The Kier molecular flexibility index (Phi) is 16.5. The molecule has 4 unspecified atom stereocenters. The fourth-order valence-electron chi connectivity index (χ4n) is 9.72. The largest absolute Gasteiger partial charge is 0.490 e. The lowest BCUT2D eigenvalue weighted by molar-refractivity contribution is -0.745. The average Bonchev–Trinajstić information content (AvgIpc) is 3.88. The van der Waals surface area contributed by atoms with Crippen molar-refractivity contribution in [1.29, 1.82) is 0 Å². The van der Waals surface area contributed by atoms with E-state index in [0.717, 1.165) is 23.5 Å². The van der Waals surface area contributed by atoms with Gasteiger partial charge >= 0.3 is 36.7 Å². The number of rotatable bonds is 22. The Labute approximate surface area is 457 Å². The number of phosphoric acid groups is 3. The standard InChI is InChI=1S/C40H51N15O23P4/c1-52-16-55(33-24(52)35(60)51-40(43)49-33)36-25(56)18(8-9-69-2)19(74-36)10-71-80(63,64)77-82(67,68)78-81(65,66)72-12-21-29(28(73-17-6-4-3-5-7-17)38(76-21)53-14-46-22-30(41)44-13-45-31(22)53)79(61,62)70-11-20-26(57)27(58)37(75-20)54-15-47-23-32(54)48-39(42)50-34(23)59/h3-7,13-16,18-21,25-29,36-38,56-58H,8-12H2,1-2H3,(H11-,41,42,43,44,45,48,49,50,51,59,60,61,62,63,64,65,66,67,68)/p+1/t18-,19-,20-,21-,25-,26-,27-,28-,29-,36-,37-,38-/m1/s1. The van der Waals surface area contributed by atoms with Gasteiger partial charge in [-0.1, -0.05) is 23.2 Å². The van der Waals surface area contributed by atoms with E-state index in [1.165, 1.54) is 46.3 Å². The number of nitrogens with two attached hydrogens (primary N) is 3. The minimum absolute atomic E-state index is 0.00929. The number of hydrogen-bond donors (Lipinski definition) is 12. The number of fused-ring (bicyclic) bond motifs is 3. The molecule has 3 fully saturated rings. The third-order valence-corrected chi connectivity index (χ3v) is 19.5. The minimum Gasteiger partial charge on any atom is -0.485 e. The second kappa shape index (κ2) is 22.8. The maximum atomic E-state index is 14.9. The number of methoxy groups -OCH3 is 1. The first-order valence-corrected chi connectivity index (χ1v) is 30.2. The van der Waals surface area contributed by atoms with E-state index in [9.17, 15) is 62.7 Å². The van der Waals surface area contributed by atoms with Crippen molar-refractivity contribution in [2.24, 2.45) is 13.0 Å². The fourth-order valence-corrected chi connectivity index (χ4v) is 14.9. The number of benzene rings is 1. The molecule has 15 N–H and O–H groups in total. The van der Waals surface area contributed by atoms with Gasteiger partial charge in [0.1, 0.15) is 53.8 Å². The first kappa shape index (κ1) is 59.1. The number of nitrogen functional groups attached to an aromatic ring is 3. The number of phosphoric ester groups is 2. The molecule has 0 amide bonds. The molecule has 0 aliphatic carbocycles. The number of anilines is 3. The van der Waals surface area contributed by atoms with Crippen molar-refractivity contribution in [3.8, 4) is 5.75 Å².